The van der Waals surface area contributed by atoms with Gasteiger partial charge >= 0.3 is 12.1 Å². The van der Waals surface area contributed by atoms with Crippen LogP contribution in [0, 0.1) is 0 Å². The molecule has 0 bridgehead atoms. The smallest absolute Gasteiger partial charge is 0.435 e. The van der Waals surface area contributed by atoms with E-state index in [1.54, 1.807) is 0 Å². The minimum Gasteiger partial charge on any atom is -0.481 e. The Morgan fingerprint density at radius 2 is 2.16 bits per heavy atom. The molecule has 2 aromatic heterocycles. The van der Waals surface area contributed by atoms with Crippen LogP contribution < -0.4 is 0 Å². The van der Waals surface area contributed by atoms with E-state index in [9.17, 15) is 23.1 Å². The van der Waals surface area contributed by atoms with E-state index in [0.29, 0.717) is 17.1 Å². The minimum atomic E-state index is -4.62. The number of alkyl halides is 3. The number of hydrogen-bond acceptors (Lipinski definition) is 4. The lowest BCUT2D eigenvalue weighted by atomic mass is 9.91. The molecule has 0 aromatic carbocycles. The molecular weight excluding hydrogens is 379 g/mol. The van der Waals surface area contributed by atoms with E-state index in [1.165, 1.54) is 30.5 Å². The van der Waals surface area contributed by atoms with Gasteiger partial charge in [0, 0.05) is 17.5 Å². The Labute approximate surface area is 149 Å². The lowest BCUT2D eigenvalue weighted by molar-refractivity contribution is -0.141. The summed E-state index contributed by atoms with van der Waals surface area (Å²) >= 11 is 7.20. The summed E-state index contributed by atoms with van der Waals surface area (Å²) in [6.45, 7) is 0. The zero-order valence-electron chi connectivity index (χ0n) is 13.0. The van der Waals surface area contributed by atoms with Crippen molar-refractivity contribution in [3.8, 4) is 0 Å². The van der Waals surface area contributed by atoms with Gasteiger partial charge in [-0.15, -0.1) is 11.3 Å². The van der Waals surface area contributed by atoms with Crippen LogP contribution in [-0.4, -0.2) is 25.8 Å². The molecule has 1 atom stereocenters. The second-order valence-electron chi connectivity index (χ2n) is 5.65. The fourth-order valence-electron chi connectivity index (χ4n) is 2.78. The number of rotatable bonds is 3. The van der Waals surface area contributed by atoms with Gasteiger partial charge in [-0.2, -0.15) is 18.3 Å². The molecule has 25 heavy (non-hydrogen) atoms. The summed E-state index contributed by atoms with van der Waals surface area (Å²) in [7, 11) is 1.33. The van der Waals surface area contributed by atoms with Gasteiger partial charge in [0.15, 0.2) is 5.69 Å². The lowest BCUT2D eigenvalue weighted by Crippen LogP contribution is -2.17. The maximum atomic E-state index is 13.0. The normalized spacial score (nSPS) is 17.9. The fraction of sp³-hybridized carbons (Fsp3) is 0.400. The van der Waals surface area contributed by atoms with Crippen molar-refractivity contribution in [3.63, 3.8) is 0 Å². The third-order valence-electron chi connectivity index (χ3n) is 3.94. The highest BCUT2D eigenvalue weighted by Crippen LogP contribution is 2.37. The Morgan fingerprint density at radius 1 is 1.44 bits per heavy atom. The van der Waals surface area contributed by atoms with Crippen LogP contribution in [0.4, 0.5) is 13.2 Å². The molecule has 0 saturated heterocycles. The molecular formula is C15H13ClF3N3O2S. The predicted molar refractivity (Wildman–Crippen MR) is 87.6 cm³/mol. The molecule has 2 aromatic rings. The van der Waals surface area contributed by atoms with Crippen LogP contribution >= 0.6 is 22.9 Å². The maximum absolute atomic E-state index is 13.0. The molecule has 0 radical (unpaired) electrons. The van der Waals surface area contributed by atoms with Crippen LogP contribution in [0.2, 0.25) is 5.15 Å². The highest BCUT2D eigenvalue weighted by atomic mass is 35.5. The van der Waals surface area contributed by atoms with Crippen LogP contribution in [0.25, 0.3) is 12.2 Å². The summed E-state index contributed by atoms with van der Waals surface area (Å²) < 4.78 is 40.1. The largest absolute Gasteiger partial charge is 0.481 e. The zero-order chi connectivity index (χ0) is 18.4. The van der Waals surface area contributed by atoms with Crippen LogP contribution in [0.5, 0.6) is 0 Å². The van der Waals surface area contributed by atoms with Crippen molar-refractivity contribution < 1.29 is 23.1 Å². The summed E-state index contributed by atoms with van der Waals surface area (Å²) in [6, 6.07) is 0. The number of thiazole rings is 1. The van der Waals surface area contributed by atoms with Crippen molar-refractivity contribution in [2.45, 2.75) is 31.4 Å². The highest BCUT2D eigenvalue weighted by molar-refractivity contribution is 7.12. The Kier molecular flexibility index (Phi) is 4.63. The molecule has 5 nitrogen and oxygen atoms in total. The molecule has 1 aliphatic rings. The SMILES string of the molecule is Cn1nc(C(F)(F)F)c(C=Cc2nc3c(s2)CCCC3C(=O)O)c1Cl. The maximum Gasteiger partial charge on any atom is 0.435 e. The Morgan fingerprint density at radius 3 is 2.80 bits per heavy atom. The average Bonchev–Trinajstić information content (AvgIpc) is 3.06. The summed E-state index contributed by atoms with van der Waals surface area (Å²) in [5, 5.41) is 13.0. The van der Waals surface area contributed by atoms with Gasteiger partial charge in [-0.25, -0.2) is 4.98 Å². The van der Waals surface area contributed by atoms with Crippen molar-refractivity contribution in [1.82, 2.24) is 14.8 Å². The van der Waals surface area contributed by atoms with Gasteiger partial charge in [0.05, 0.1) is 11.6 Å². The number of aromatic nitrogens is 3. The first-order valence-electron chi connectivity index (χ1n) is 7.38. The summed E-state index contributed by atoms with van der Waals surface area (Å²) in [4.78, 5) is 16.5. The number of nitrogens with zero attached hydrogens (tertiary/aromatic N) is 3. The molecule has 0 spiro atoms. The lowest BCUT2D eigenvalue weighted by Gasteiger charge is -2.16. The first-order chi connectivity index (χ1) is 11.7. The molecule has 0 fully saturated rings. The van der Waals surface area contributed by atoms with Crippen molar-refractivity contribution in [3.05, 3.63) is 32.0 Å². The second kappa shape index (κ2) is 6.45. The van der Waals surface area contributed by atoms with Gasteiger partial charge in [0.2, 0.25) is 0 Å². The van der Waals surface area contributed by atoms with E-state index >= 15 is 0 Å². The molecule has 1 aliphatic carbocycles. The van der Waals surface area contributed by atoms with E-state index in [0.717, 1.165) is 22.4 Å². The van der Waals surface area contributed by atoms with E-state index < -0.39 is 23.8 Å². The van der Waals surface area contributed by atoms with Crippen molar-refractivity contribution in [1.29, 1.82) is 0 Å². The van der Waals surface area contributed by atoms with E-state index in [1.807, 2.05) is 0 Å². The summed E-state index contributed by atoms with van der Waals surface area (Å²) in [5.74, 6) is -1.59. The number of aliphatic carboxylic acids is 1. The van der Waals surface area contributed by atoms with Gasteiger partial charge in [0.25, 0.3) is 0 Å². The topological polar surface area (TPSA) is 68.0 Å². The van der Waals surface area contributed by atoms with Crippen molar-refractivity contribution >= 4 is 41.1 Å². The van der Waals surface area contributed by atoms with Gasteiger partial charge < -0.3 is 5.11 Å². The number of carboxylic acid groups (broad SMARTS) is 1. The molecule has 1 N–H and O–H groups in total. The van der Waals surface area contributed by atoms with Gasteiger partial charge in [0.1, 0.15) is 10.2 Å². The van der Waals surface area contributed by atoms with Crippen LogP contribution in [0.3, 0.4) is 0 Å². The van der Waals surface area contributed by atoms with Gasteiger partial charge in [-0.1, -0.05) is 11.6 Å². The van der Waals surface area contributed by atoms with Crippen LogP contribution in [0.15, 0.2) is 0 Å². The first kappa shape index (κ1) is 17.9. The molecule has 10 heteroatoms. The Balaban J connectivity index is 1.96. The van der Waals surface area contributed by atoms with Crippen molar-refractivity contribution in [2.24, 2.45) is 7.05 Å². The molecule has 0 saturated carbocycles. The number of carboxylic acids is 1. The summed E-state index contributed by atoms with van der Waals surface area (Å²) in [5.41, 5.74) is -0.794. The Bertz CT molecular complexity index is 857. The van der Waals surface area contributed by atoms with E-state index in [2.05, 4.69) is 10.1 Å². The van der Waals surface area contributed by atoms with Gasteiger partial charge in [-0.3, -0.25) is 9.48 Å². The predicted octanol–water partition coefficient (Wildman–Crippen LogP) is 4.22. The molecule has 0 amide bonds. The van der Waals surface area contributed by atoms with Crippen LogP contribution in [-0.2, 0) is 24.4 Å². The third-order valence-corrected chi connectivity index (χ3v) is 5.49. The standard InChI is InChI=1S/C15H13ClF3N3O2S/c1-22-13(16)8(12(21-22)15(17,18)19)5-6-10-20-11-7(14(23)24)3-2-4-9(11)25-10/h5-7H,2-4H2,1H3,(H,23,24). The molecule has 0 aliphatic heterocycles. The molecule has 2 heterocycles. The number of hydrogen-bond donors (Lipinski definition) is 1. The number of carbonyl (C=O) groups is 1. The summed E-state index contributed by atoms with van der Waals surface area (Å²) in [6.07, 6.45) is 0.00918. The second-order valence-corrected chi connectivity index (χ2v) is 7.12. The number of halogens is 4. The molecule has 3 rings (SSSR count). The highest BCUT2D eigenvalue weighted by Gasteiger charge is 2.38. The first-order valence-corrected chi connectivity index (χ1v) is 8.58. The monoisotopic (exact) mass is 391 g/mol. The van der Waals surface area contributed by atoms with E-state index in [4.69, 9.17) is 11.6 Å². The third kappa shape index (κ3) is 3.43. The zero-order valence-corrected chi connectivity index (χ0v) is 14.5. The Hall–Kier alpha value is -1.87. The average molecular weight is 392 g/mol. The fourth-order valence-corrected chi connectivity index (χ4v) is 4.04. The molecule has 134 valence electrons. The van der Waals surface area contributed by atoms with Crippen molar-refractivity contribution in [2.75, 3.05) is 0 Å². The van der Waals surface area contributed by atoms with Crippen LogP contribution in [0.1, 0.15) is 45.6 Å². The number of fused-ring (bicyclic) bond motifs is 1. The molecule has 1 unspecified atom stereocenters. The van der Waals surface area contributed by atoms with E-state index in [-0.39, 0.29) is 10.7 Å². The number of aryl methyl sites for hydroxylation is 2. The quantitative estimate of drug-likeness (QED) is 0.850. The van der Waals surface area contributed by atoms with Gasteiger partial charge in [-0.05, 0) is 31.4 Å². The minimum absolute atomic E-state index is 0.131.